The lowest BCUT2D eigenvalue weighted by atomic mass is 10.4. The molecule has 0 radical (unpaired) electrons. The molecular formula is C8H6IN3. The fourth-order valence-corrected chi connectivity index (χ4v) is 1.33. The van der Waals surface area contributed by atoms with Crippen LogP contribution in [0, 0.1) is 3.70 Å². The number of aromatic nitrogens is 3. The van der Waals surface area contributed by atoms with Gasteiger partial charge >= 0.3 is 0 Å². The molecule has 0 saturated heterocycles. The molecular weight excluding hydrogens is 265 g/mol. The minimum absolute atomic E-state index is 0.983. The van der Waals surface area contributed by atoms with E-state index in [4.69, 9.17) is 0 Å². The van der Waals surface area contributed by atoms with Crippen molar-refractivity contribution in [3.05, 3.63) is 40.5 Å². The molecule has 0 N–H and O–H groups in total. The summed E-state index contributed by atoms with van der Waals surface area (Å²) in [6.45, 7) is 0. The van der Waals surface area contributed by atoms with Crippen molar-refractivity contribution in [3.63, 3.8) is 0 Å². The predicted molar refractivity (Wildman–Crippen MR) is 54.1 cm³/mol. The molecule has 0 saturated carbocycles. The third-order valence-electron chi connectivity index (χ3n) is 1.47. The van der Waals surface area contributed by atoms with Gasteiger partial charge in [0, 0.05) is 12.4 Å². The third-order valence-corrected chi connectivity index (χ3v) is 2.04. The van der Waals surface area contributed by atoms with Crippen molar-refractivity contribution in [2.45, 2.75) is 0 Å². The van der Waals surface area contributed by atoms with E-state index in [1.54, 1.807) is 17.1 Å². The lowest BCUT2D eigenvalue weighted by molar-refractivity contribution is 0.863. The van der Waals surface area contributed by atoms with E-state index in [0.29, 0.717) is 0 Å². The molecule has 4 heteroatoms. The smallest absolute Gasteiger partial charge is 0.123 e. The first kappa shape index (κ1) is 7.72. The van der Waals surface area contributed by atoms with Crippen LogP contribution in [0.2, 0.25) is 0 Å². The maximum atomic E-state index is 4.24. The Kier molecular flexibility index (Phi) is 2.07. The minimum Gasteiger partial charge on any atom is -0.262 e. The van der Waals surface area contributed by atoms with Gasteiger partial charge in [-0.15, -0.1) is 0 Å². The number of pyridine rings is 1. The van der Waals surface area contributed by atoms with Gasteiger partial charge in [0.1, 0.15) is 3.70 Å². The van der Waals surface area contributed by atoms with Crippen LogP contribution in [0.4, 0.5) is 0 Å². The van der Waals surface area contributed by atoms with Gasteiger partial charge in [-0.05, 0) is 40.8 Å². The van der Waals surface area contributed by atoms with Gasteiger partial charge in [0.2, 0.25) is 0 Å². The van der Waals surface area contributed by atoms with Gasteiger partial charge in [0.25, 0.3) is 0 Å². The van der Waals surface area contributed by atoms with Gasteiger partial charge in [0.15, 0.2) is 0 Å². The lowest BCUT2D eigenvalue weighted by Gasteiger charge is -1.97. The molecule has 0 aromatic carbocycles. The normalized spacial score (nSPS) is 10.1. The Morgan fingerprint density at radius 1 is 1.33 bits per heavy atom. The van der Waals surface area contributed by atoms with Gasteiger partial charge in [-0.1, -0.05) is 0 Å². The van der Waals surface area contributed by atoms with Gasteiger partial charge < -0.3 is 0 Å². The van der Waals surface area contributed by atoms with E-state index in [-0.39, 0.29) is 0 Å². The fourth-order valence-electron chi connectivity index (χ4n) is 0.935. The first-order chi connectivity index (χ1) is 5.86. The Morgan fingerprint density at radius 2 is 2.25 bits per heavy atom. The average Bonchev–Trinajstić information content (AvgIpc) is 2.54. The van der Waals surface area contributed by atoms with E-state index in [2.05, 4.69) is 32.7 Å². The molecule has 60 valence electrons. The predicted octanol–water partition coefficient (Wildman–Crippen LogP) is 1.87. The maximum Gasteiger partial charge on any atom is 0.123 e. The SMILES string of the molecule is Ic1ccn(-c2cccnc2)n1. The van der Waals surface area contributed by atoms with Crippen LogP contribution in [0.5, 0.6) is 0 Å². The third kappa shape index (κ3) is 1.47. The molecule has 0 spiro atoms. The standard InChI is InChI=1S/C8H6IN3/c9-8-3-5-12(11-8)7-2-1-4-10-6-7/h1-6H. The summed E-state index contributed by atoms with van der Waals surface area (Å²) in [5.41, 5.74) is 0.986. The Morgan fingerprint density at radius 3 is 2.83 bits per heavy atom. The molecule has 2 rings (SSSR count). The summed E-state index contributed by atoms with van der Waals surface area (Å²) in [7, 11) is 0. The Bertz CT molecular complexity index is 369. The van der Waals surface area contributed by atoms with Crippen molar-refractivity contribution >= 4 is 22.6 Å². The van der Waals surface area contributed by atoms with Crippen LogP contribution in [0.1, 0.15) is 0 Å². The van der Waals surface area contributed by atoms with Gasteiger partial charge in [0.05, 0.1) is 11.9 Å². The summed E-state index contributed by atoms with van der Waals surface area (Å²) < 4.78 is 2.78. The van der Waals surface area contributed by atoms with Crippen LogP contribution in [0.15, 0.2) is 36.8 Å². The van der Waals surface area contributed by atoms with E-state index < -0.39 is 0 Å². The molecule has 0 aliphatic carbocycles. The van der Waals surface area contributed by atoms with E-state index in [9.17, 15) is 0 Å². The van der Waals surface area contributed by atoms with Crippen molar-refractivity contribution in [1.29, 1.82) is 0 Å². The Labute approximate surface area is 83.6 Å². The monoisotopic (exact) mass is 271 g/mol. The van der Waals surface area contributed by atoms with Gasteiger partial charge in [-0.2, -0.15) is 5.10 Å². The summed E-state index contributed by atoms with van der Waals surface area (Å²) in [5.74, 6) is 0. The van der Waals surface area contributed by atoms with Crippen molar-refractivity contribution < 1.29 is 0 Å². The van der Waals surface area contributed by atoms with E-state index in [1.807, 2.05) is 24.4 Å². The zero-order chi connectivity index (χ0) is 8.39. The molecule has 2 heterocycles. The first-order valence-corrected chi connectivity index (χ1v) is 4.56. The summed E-state index contributed by atoms with van der Waals surface area (Å²) >= 11 is 2.18. The molecule has 0 aliphatic heterocycles. The molecule has 12 heavy (non-hydrogen) atoms. The van der Waals surface area contributed by atoms with Crippen LogP contribution < -0.4 is 0 Å². The van der Waals surface area contributed by atoms with Crippen molar-refractivity contribution in [2.75, 3.05) is 0 Å². The summed E-state index contributed by atoms with van der Waals surface area (Å²) in [6.07, 6.45) is 5.44. The number of nitrogens with zero attached hydrogens (tertiary/aromatic N) is 3. The lowest BCUT2D eigenvalue weighted by Crippen LogP contribution is -1.94. The van der Waals surface area contributed by atoms with E-state index >= 15 is 0 Å². The molecule has 0 amide bonds. The topological polar surface area (TPSA) is 30.7 Å². The largest absolute Gasteiger partial charge is 0.262 e. The zero-order valence-electron chi connectivity index (χ0n) is 6.18. The van der Waals surface area contributed by atoms with Crippen molar-refractivity contribution in [1.82, 2.24) is 14.8 Å². The molecule has 2 aromatic rings. The molecule has 0 atom stereocenters. The molecule has 2 aromatic heterocycles. The van der Waals surface area contributed by atoms with Gasteiger partial charge in [-0.25, -0.2) is 4.68 Å². The zero-order valence-corrected chi connectivity index (χ0v) is 8.34. The second-order valence-electron chi connectivity index (χ2n) is 2.29. The van der Waals surface area contributed by atoms with Crippen molar-refractivity contribution in [2.24, 2.45) is 0 Å². The Balaban J connectivity index is 2.45. The van der Waals surface area contributed by atoms with E-state index in [1.165, 1.54) is 0 Å². The van der Waals surface area contributed by atoms with E-state index in [0.717, 1.165) is 9.39 Å². The summed E-state index contributed by atoms with van der Waals surface area (Å²) in [6, 6.07) is 5.81. The minimum atomic E-state index is 0.983. The number of halogens is 1. The summed E-state index contributed by atoms with van der Waals surface area (Å²) in [5, 5.41) is 4.24. The quantitative estimate of drug-likeness (QED) is 0.741. The van der Waals surface area contributed by atoms with Crippen LogP contribution >= 0.6 is 22.6 Å². The highest BCUT2D eigenvalue weighted by atomic mass is 127. The summed E-state index contributed by atoms with van der Waals surface area (Å²) in [4.78, 5) is 4.01. The van der Waals surface area contributed by atoms with Crippen LogP contribution in [0.25, 0.3) is 5.69 Å². The van der Waals surface area contributed by atoms with Gasteiger partial charge in [-0.3, -0.25) is 4.98 Å². The molecule has 0 aliphatic rings. The highest BCUT2D eigenvalue weighted by Gasteiger charge is 1.96. The second-order valence-corrected chi connectivity index (χ2v) is 3.40. The number of hydrogen-bond donors (Lipinski definition) is 0. The highest BCUT2D eigenvalue weighted by Crippen LogP contribution is 2.06. The highest BCUT2D eigenvalue weighted by molar-refractivity contribution is 14.1. The maximum absolute atomic E-state index is 4.24. The van der Waals surface area contributed by atoms with Crippen LogP contribution in [0.3, 0.4) is 0 Å². The Hall–Kier alpha value is -0.910. The fraction of sp³-hybridized carbons (Fsp3) is 0. The first-order valence-electron chi connectivity index (χ1n) is 3.48. The number of hydrogen-bond acceptors (Lipinski definition) is 2. The molecule has 0 bridgehead atoms. The number of rotatable bonds is 1. The average molecular weight is 271 g/mol. The molecule has 0 fully saturated rings. The molecule has 3 nitrogen and oxygen atoms in total. The van der Waals surface area contributed by atoms with Crippen molar-refractivity contribution in [3.8, 4) is 5.69 Å². The second kappa shape index (κ2) is 3.22. The van der Waals surface area contributed by atoms with Crippen LogP contribution in [-0.2, 0) is 0 Å². The van der Waals surface area contributed by atoms with Crippen LogP contribution in [-0.4, -0.2) is 14.8 Å². The molecule has 0 unspecified atom stereocenters.